The van der Waals surface area contributed by atoms with Gasteiger partial charge in [0.15, 0.2) is 6.10 Å². The van der Waals surface area contributed by atoms with Gasteiger partial charge in [0.25, 0.3) is 11.6 Å². The Balaban J connectivity index is 1.63. The molecule has 1 unspecified atom stereocenters. The van der Waals surface area contributed by atoms with Crippen molar-refractivity contribution in [3.8, 4) is 11.3 Å². The number of nitro benzene ring substituents is 1. The number of carbonyl (C=O) groups excluding carboxylic acids is 1. The van der Waals surface area contributed by atoms with Crippen LogP contribution in [0.2, 0.25) is 0 Å². The Hall–Kier alpha value is -3.78. The summed E-state index contributed by atoms with van der Waals surface area (Å²) < 4.78 is 10.9. The highest BCUT2D eigenvalue weighted by molar-refractivity contribution is 5.84. The molecule has 1 amide bonds. The summed E-state index contributed by atoms with van der Waals surface area (Å²) in [5.74, 6) is 0.538. The first-order valence-corrected chi connectivity index (χ1v) is 8.34. The van der Waals surface area contributed by atoms with Gasteiger partial charge in [-0.1, -0.05) is 30.3 Å². The number of nitrogens with one attached hydrogen (secondary N) is 1. The summed E-state index contributed by atoms with van der Waals surface area (Å²) in [5, 5.41) is 14.6. The minimum absolute atomic E-state index is 0.00548. The second kappa shape index (κ2) is 8.74. The van der Waals surface area contributed by atoms with E-state index in [4.69, 9.17) is 9.15 Å². The summed E-state index contributed by atoms with van der Waals surface area (Å²) in [6.45, 7) is 0. The third-order valence-electron chi connectivity index (χ3n) is 3.93. The molecule has 3 rings (SSSR count). The molecule has 0 saturated heterocycles. The molecule has 0 aliphatic heterocycles. The van der Waals surface area contributed by atoms with Crippen LogP contribution in [0.15, 0.2) is 76.2 Å². The van der Waals surface area contributed by atoms with Gasteiger partial charge in [0, 0.05) is 24.8 Å². The molecule has 8 heteroatoms. The normalized spacial score (nSPS) is 12.0. The maximum absolute atomic E-state index is 12.2. The van der Waals surface area contributed by atoms with Crippen LogP contribution in [0.4, 0.5) is 5.69 Å². The first-order valence-electron chi connectivity index (χ1n) is 8.34. The lowest BCUT2D eigenvalue weighted by Crippen LogP contribution is -2.26. The fourth-order valence-electron chi connectivity index (χ4n) is 2.57. The predicted octanol–water partition coefficient (Wildman–Crippen LogP) is 3.69. The number of amides is 1. The van der Waals surface area contributed by atoms with E-state index < -0.39 is 16.9 Å². The third kappa shape index (κ3) is 4.49. The molecule has 8 nitrogen and oxygen atoms in total. The van der Waals surface area contributed by atoms with Gasteiger partial charge in [-0.3, -0.25) is 14.9 Å². The molecule has 0 spiro atoms. The summed E-state index contributed by atoms with van der Waals surface area (Å²) in [6, 6.07) is 18.5. The summed E-state index contributed by atoms with van der Waals surface area (Å²) in [4.78, 5) is 22.5. The van der Waals surface area contributed by atoms with Crippen molar-refractivity contribution in [2.75, 3.05) is 7.11 Å². The summed E-state index contributed by atoms with van der Waals surface area (Å²) in [7, 11) is 1.45. The number of methoxy groups -OCH3 is 1. The van der Waals surface area contributed by atoms with Crippen molar-refractivity contribution >= 4 is 17.8 Å². The molecule has 0 aliphatic rings. The molecule has 142 valence electrons. The highest BCUT2D eigenvalue weighted by atomic mass is 16.6. The molecule has 1 heterocycles. The van der Waals surface area contributed by atoms with Crippen LogP contribution in [-0.2, 0) is 9.53 Å². The van der Waals surface area contributed by atoms with Gasteiger partial charge in [-0.15, -0.1) is 0 Å². The number of ether oxygens (including phenoxy) is 1. The first kappa shape index (κ1) is 19.0. The molecule has 28 heavy (non-hydrogen) atoms. The van der Waals surface area contributed by atoms with Crippen molar-refractivity contribution in [1.82, 2.24) is 5.43 Å². The zero-order chi connectivity index (χ0) is 19.9. The largest absolute Gasteiger partial charge is 0.455 e. The number of hydrogen-bond donors (Lipinski definition) is 1. The van der Waals surface area contributed by atoms with Crippen LogP contribution in [0.3, 0.4) is 0 Å². The molecule has 1 aromatic heterocycles. The Kier molecular flexibility index (Phi) is 5.93. The van der Waals surface area contributed by atoms with Crippen LogP contribution >= 0.6 is 0 Å². The molecule has 0 fully saturated rings. The summed E-state index contributed by atoms with van der Waals surface area (Å²) in [6.07, 6.45) is 0.593. The Morgan fingerprint density at radius 3 is 2.50 bits per heavy atom. The van der Waals surface area contributed by atoms with E-state index in [2.05, 4.69) is 10.5 Å². The number of hydrazone groups is 1. The van der Waals surface area contributed by atoms with Crippen LogP contribution in [0.25, 0.3) is 11.3 Å². The molecular weight excluding hydrogens is 362 g/mol. The second-order valence-corrected chi connectivity index (χ2v) is 5.77. The van der Waals surface area contributed by atoms with Crippen LogP contribution in [-0.4, -0.2) is 24.2 Å². The standard InChI is InChI=1S/C20H17N3O5/c1-27-19(15-5-3-2-4-6-15)20(24)22-21-13-17-11-12-18(28-17)14-7-9-16(10-8-14)23(25)26/h2-13,19H,1H3,(H,22,24)/b21-13+. The van der Waals surface area contributed by atoms with E-state index in [0.29, 0.717) is 17.1 Å². The van der Waals surface area contributed by atoms with E-state index in [0.717, 1.165) is 5.56 Å². The predicted molar refractivity (Wildman–Crippen MR) is 103 cm³/mol. The lowest BCUT2D eigenvalue weighted by atomic mass is 10.1. The average Bonchev–Trinajstić information content (AvgIpc) is 3.18. The Morgan fingerprint density at radius 2 is 1.86 bits per heavy atom. The fourth-order valence-corrected chi connectivity index (χ4v) is 2.57. The zero-order valence-corrected chi connectivity index (χ0v) is 14.9. The Labute approximate surface area is 160 Å². The minimum Gasteiger partial charge on any atom is -0.455 e. The number of nitrogens with zero attached hydrogens (tertiary/aromatic N) is 2. The minimum atomic E-state index is -0.773. The van der Waals surface area contributed by atoms with Crippen molar-refractivity contribution < 1.29 is 18.9 Å². The topological polar surface area (TPSA) is 107 Å². The maximum atomic E-state index is 12.2. The SMILES string of the molecule is COC(C(=O)N/N=C/c1ccc(-c2ccc([N+](=O)[O-])cc2)o1)c1ccccc1. The van der Waals surface area contributed by atoms with E-state index in [1.807, 2.05) is 18.2 Å². The van der Waals surface area contributed by atoms with Crippen molar-refractivity contribution in [3.05, 3.63) is 88.2 Å². The summed E-state index contributed by atoms with van der Waals surface area (Å²) >= 11 is 0. The molecule has 1 atom stereocenters. The third-order valence-corrected chi connectivity index (χ3v) is 3.93. The highest BCUT2D eigenvalue weighted by Gasteiger charge is 2.19. The van der Waals surface area contributed by atoms with Crippen molar-refractivity contribution in [2.45, 2.75) is 6.10 Å². The lowest BCUT2D eigenvalue weighted by Gasteiger charge is -2.13. The number of benzene rings is 2. The molecule has 3 aromatic rings. The zero-order valence-electron chi connectivity index (χ0n) is 14.9. The molecule has 1 N–H and O–H groups in total. The van der Waals surface area contributed by atoms with Gasteiger partial charge in [0.2, 0.25) is 0 Å². The lowest BCUT2D eigenvalue weighted by molar-refractivity contribution is -0.384. The fraction of sp³-hybridized carbons (Fsp3) is 0.100. The van der Waals surface area contributed by atoms with Crippen LogP contribution < -0.4 is 5.43 Å². The second-order valence-electron chi connectivity index (χ2n) is 5.77. The average molecular weight is 379 g/mol. The van der Waals surface area contributed by atoms with E-state index >= 15 is 0 Å². The number of hydrogen-bond acceptors (Lipinski definition) is 6. The number of carbonyl (C=O) groups is 1. The van der Waals surface area contributed by atoms with Gasteiger partial charge in [0.05, 0.1) is 11.1 Å². The number of rotatable bonds is 7. The molecule has 0 saturated carbocycles. The van der Waals surface area contributed by atoms with E-state index in [-0.39, 0.29) is 5.69 Å². The monoisotopic (exact) mass is 379 g/mol. The van der Waals surface area contributed by atoms with Crippen molar-refractivity contribution in [2.24, 2.45) is 5.10 Å². The Morgan fingerprint density at radius 1 is 1.14 bits per heavy atom. The molecule has 0 radical (unpaired) electrons. The van der Waals surface area contributed by atoms with Gasteiger partial charge in [0.1, 0.15) is 11.5 Å². The quantitative estimate of drug-likeness (QED) is 0.383. The number of furan rings is 1. The smallest absolute Gasteiger partial charge is 0.273 e. The molecule has 0 aliphatic carbocycles. The summed E-state index contributed by atoms with van der Waals surface area (Å²) in [5.41, 5.74) is 3.84. The van der Waals surface area contributed by atoms with Crippen LogP contribution in [0, 0.1) is 10.1 Å². The van der Waals surface area contributed by atoms with Crippen molar-refractivity contribution in [3.63, 3.8) is 0 Å². The van der Waals surface area contributed by atoms with Gasteiger partial charge in [-0.25, -0.2) is 5.43 Å². The number of non-ortho nitro benzene ring substituents is 1. The van der Waals surface area contributed by atoms with Gasteiger partial charge in [-0.05, 0) is 29.8 Å². The van der Waals surface area contributed by atoms with Gasteiger partial charge >= 0.3 is 0 Å². The molecule has 0 bridgehead atoms. The van der Waals surface area contributed by atoms with E-state index in [9.17, 15) is 14.9 Å². The maximum Gasteiger partial charge on any atom is 0.273 e. The number of nitro groups is 1. The van der Waals surface area contributed by atoms with Crippen LogP contribution in [0.5, 0.6) is 0 Å². The van der Waals surface area contributed by atoms with Gasteiger partial charge < -0.3 is 9.15 Å². The first-order chi connectivity index (χ1) is 13.6. The van der Waals surface area contributed by atoms with E-state index in [1.165, 1.54) is 25.5 Å². The Bertz CT molecular complexity index is 981. The van der Waals surface area contributed by atoms with Gasteiger partial charge in [-0.2, -0.15) is 5.10 Å². The van der Waals surface area contributed by atoms with E-state index in [1.54, 1.807) is 36.4 Å². The molecular formula is C20H17N3O5. The molecule has 2 aromatic carbocycles. The van der Waals surface area contributed by atoms with Crippen molar-refractivity contribution in [1.29, 1.82) is 0 Å². The highest BCUT2D eigenvalue weighted by Crippen LogP contribution is 2.24. The van der Waals surface area contributed by atoms with Crippen LogP contribution in [0.1, 0.15) is 17.4 Å².